The molecule has 0 fully saturated rings. The standard InChI is InChI=1S/C22H18Cl2N2O3/c23-18-10-9-17(21(24)12-18)14-28-20-8-4-5-16(11-20)13-25-26-22(27)15-29-19-6-2-1-3-7-19/h1-13H,14-15H2,(H,26,27)/b25-13-. The highest BCUT2D eigenvalue weighted by Gasteiger charge is 2.04. The summed E-state index contributed by atoms with van der Waals surface area (Å²) in [7, 11) is 0. The van der Waals surface area contributed by atoms with Gasteiger partial charge in [-0.3, -0.25) is 4.79 Å². The third-order valence-electron chi connectivity index (χ3n) is 3.78. The van der Waals surface area contributed by atoms with Crippen molar-refractivity contribution in [3.8, 4) is 11.5 Å². The third-order valence-corrected chi connectivity index (χ3v) is 4.37. The molecule has 0 unspecified atom stereocenters. The van der Waals surface area contributed by atoms with E-state index in [-0.39, 0.29) is 12.5 Å². The molecule has 0 aliphatic carbocycles. The van der Waals surface area contributed by atoms with Crippen LogP contribution in [-0.4, -0.2) is 18.7 Å². The molecule has 1 N–H and O–H groups in total. The molecule has 0 bridgehead atoms. The monoisotopic (exact) mass is 428 g/mol. The summed E-state index contributed by atoms with van der Waals surface area (Å²) >= 11 is 12.1. The average Bonchev–Trinajstić information content (AvgIpc) is 2.73. The van der Waals surface area contributed by atoms with Crippen molar-refractivity contribution in [1.29, 1.82) is 0 Å². The predicted molar refractivity (Wildman–Crippen MR) is 115 cm³/mol. The average molecular weight is 429 g/mol. The highest BCUT2D eigenvalue weighted by atomic mass is 35.5. The second-order valence-electron chi connectivity index (χ2n) is 5.99. The van der Waals surface area contributed by atoms with Crippen molar-refractivity contribution in [2.45, 2.75) is 6.61 Å². The van der Waals surface area contributed by atoms with E-state index in [9.17, 15) is 4.79 Å². The van der Waals surface area contributed by atoms with Gasteiger partial charge in [-0.2, -0.15) is 5.10 Å². The van der Waals surface area contributed by atoms with Gasteiger partial charge in [-0.15, -0.1) is 0 Å². The van der Waals surface area contributed by atoms with E-state index in [0.29, 0.717) is 28.2 Å². The van der Waals surface area contributed by atoms with Crippen LogP contribution in [0.1, 0.15) is 11.1 Å². The number of halogens is 2. The number of carbonyl (C=O) groups excluding carboxylic acids is 1. The normalized spacial score (nSPS) is 10.7. The molecule has 0 saturated heterocycles. The lowest BCUT2D eigenvalue weighted by Crippen LogP contribution is -2.24. The molecule has 0 aromatic heterocycles. The van der Waals surface area contributed by atoms with E-state index in [4.69, 9.17) is 32.7 Å². The fourth-order valence-corrected chi connectivity index (χ4v) is 2.82. The van der Waals surface area contributed by atoms with Crippen LogP contribution in [-0.2, 0) is 11.4 Å². The van der Waals surface area contributed by atoms with Crippen LogP contribution in [0.5, 0.6) is 11.5 Å². The van der Waals surface area contributed by atoms with Gasteiger partial charge < -0.3 is 9.47 Å². The Morgan fingerprint density at radius 1 is 0.931 bits per heavy atom. The molecule has 0 heterocycles. The lowest BCUT2D eigenvalue weighted by molar-refractivity contribution is -0.123. The number of amides is 1. The molecule has 7 heteroatoms. The molecule has 1 amide bonds. The van der Waals surface area contributed by atoms with Gasteiger partial charge in [0, 0.05) is 15.6 Å². The number of nitrogens with zero attached hydrogens (tertiary/aromatic N) is 1. The van der Waals surface area contributed by atoms with Crippen LogP contribution in [0.2, 0.25) is 10.0 Å². The largest absolute Gasteiger partial charge is 0.489 e. The molecule has 0 aliphatic rings. The van der Waals surface area contributed by atoms with Gasteiger partial charge in [0.15, 0.2) is 6.61 Å². The lowest BCUT2D eigenvalue weighted by Gasteiger charge is -2.08. The molecule has 5 nitrogen and oxygen atoms in total. The van der Waals surface area contributed by atoms with E-state index < -0.39 is 0 Å². The molecule has 0 spiro atoms. The van der Waals surface area contributed by atoms with Crippen molar-refractivity contribution in [3.63, 3.8) is 0 Å². The molecule has 3 aromatic carbocycles. The van der Waals surface area contributed by atoms with Crippen molar-refractivity contribution in [3.05, 3.63) is 94.0 Å². The maximum atomic E-state index is 11.8. The minimum absolute atomic E-state index is 0.119. The van der Waals surface area contributed by atoms with Gasteiger partial charge >= 0.3 is 0 Å². The van der Waals surface area contributed by atoms with Crippen LogP contribution in [0.25, 0.3) is 0 Å². The Kier molecular flexibility index (Phi) is 7.50. The van der Waals surface area contributed by atoms with Crippen LogP contribution < -0.4 is 14.9 Å². The van der Waals surface area contributed by atoms with Crippen LogP contribution in [0, 0.1) is 0 Å². The highest BCUT2D eigenvalue weighted by molar-refractivity contribution is 6.35. The maximum absolute atomic E-state index is 11.8. The van der Waals surface area contributed by atoms with E-state index in [2.05, 4.69) is 10.5 Å². The molecule has 0 radical (unpaired) electrons. The summed E-state index contributed by atoms with van der Waals surface area (Å²) in [6.45, 7) is 0.191. The Bertz CT molecular complexity index is 994. The molecule has 0 atom stereocenters. The molecule has 0 saturated carbocycles. The number of benzene rings is 3. The molecule has 148 valence electrons. The number of nitrogens with one attached hydrogen (secondary N) is 1. The van der Waals surface area contributed by atoms with Gasteiger partial charge in [-0.25, -0.2) is 5.43 Å². The van der Waals surface area contributed by atoms with E-state index in [0.717, 1.165) is 11.1 Å². The zero-order chi connectivity index (χ0) is 20.5. The van der Waals surface area contributed by atoms with Crippen molar-refractivity contribution in [2.75, 3.05) is 6.61 Å². The number of rotatable bonds is 8. The Morgan fingerprint density at radius 3 is 2.52 bits per heavy atom. The van der Waals surface area contributed by atoms with Crippen molar-refractivity contribution in [2.24, 2.45) is 5.10 Å². The quantitative estimate of drug-likeness (QED) is 0.400. The lowest BCUT2D eigenvalue weighted by atomic mass is 10.2. The van der Waals surface area contributed by atoms with Crippen molar-refractivity contribution < 1.29 is 14.3 Å². The minimum Gasteiger partial charge on any atom is -0.489 e. The first-order chi connectivity index (χ1) is 14.1. The molecule has 3 aromatic rings. The summed E-state index contributed by atoms with van der Waals surface area (Å²) in [5.41, 5.74) is 4.03. The SMILES string of the molecule is O=C(COc1ccccc1)N/N=C\c1cccc(OCc2ccc(Cl)cc2Cl)c1. The summed E-state index contributed by atoms with van der Waals surface area (Å²) < 4.78 is 11.1. The summed E-state index contributed by atoms with van der Waals surface area (Å²) in [6, 6.07) is 21.7. The number of hydrazone groups is 1. The molecule has 29 heavy (non-hydrogen) atoms. The van der Waals surface area contributed by atoms with Gasteiger partial charge in [0.05, 0.1) is 6.21 Å². The first-order valence-corrected chi connectivity index (χ1v) is 9.52. The predicted octanol–water partition coefficient (Wildman–Crippen LogP) is 5.10. The second-order valence-corrected chi connectivity index (χ2v) is 6.84. The number of hydrogen-bond acceptors (Lipinski definition) is 4. The summed E-state index contributed by atoms with van der Waals surface area (Å²) in [5, 5.41) is 5.07. The van der Waals surface area contributed by atoms with Crippen molar-refractivity contribution >= 4 is 35.3 Å². The number of hydrogen-bond donors (Lipinski definition) is 1. The van der Waals surface area contributed by atoms with Crippen LogP contribution in [0.4, 0.5) is 0 Å². The Balaban J connectivity index is 1.49. The number of carbonyl (C=O) groups is 1. The maximum Gasteiger partial charge on any atom is 0.277 e. The molecular weight excluding hydrogens is 411 g/mol. The van der Waals surface area contributed by atoms with E-state index in [1.807, 2.05) is 42.5 Å². The van der Waals surface area contributed by atoms with Gasteiger partial charge in [0.1, 0.15) is 18.1 Å². The first kappa shape index (κ1) is 20.7. The Hall–Kier alpha value is -3.02. The Morgan fingerprint density at radius 2 is 1.72 bits per heavy atom. The van der Waals surface area contributed by atoms with Gasteiger partial charge in [-0.1, -0.05) is 59.6 Å². The van der Waals surface area contributed by atoms with Crippen LogP contribution in [0.3, 0.4) is 0 Å². The zero-order valence-electron chi connectivity index (χ0n) is 15.3. The van der Waals surface area contributed by atoms with Crippen molar-refractivity contribution in [1.82, 2.24) is 5.43 Å². The molecular formula is C22H18Cl2N2O3. The summed E-state index contributed by atoms with van der Waals surface area (Å²) in [5.74, 6) is 0.922. The third kappa shape index (κ3) is 6.82. The number of para-hydroxylation sites is 1. The van der Waals surface area contributed by atoms with Crippen LogP contribution >= 0.6 is 23.2 Å². The fraction of sp³-hybridized carbons (Fsp3) is 0.0909. The molecule has 3 rings (SSSR count). The van der Waals surface area contributed by atoms with Gasteiger partial charge in [0.2, 0.25) is 0 Å². The highest BCUT2D eigenvalue weighted by Crippen LogP contribution is 2.23. The smallest absolute Gasteiger partial charge is 0.277 e. The second kappa shape index (κ2) is 10.5. The van der Waals surface area contributed by atoms with Gasteiger partial charge in [0.25, 0.3) is 5.91 Å². The van der Waals surface area contributed by atoms with Crippen LogP contribution in [0.15, 0.2) is 77.9 Å². The number of ether oxygens (including phenoxy) is 2. The summed E-state index contributed by atoms with van der Waals surface area (Å²) in [6.07, 6.45) is 1.53. The van der Waals surface area contributed by atoms with Gasteiger partial charge in [-0.05, 0) is 42.0 Å². The summed E-state index contributed by atoms with van der Waals surface area (Å²) in [4.78, 5) is 11.8. The Labute approximate surface area is 178 Å². The van der Waals surface area contributed by atoms with E-state index >= 15 is 0 Å². The fourth-order valence-electron chi connectivity index (χ4n) is 2.36. The van der Waals surface area contributed by atoms with E-state index in [1.54, 1.807) is 30.3 Å². The topological polar surface area (TPSA) is 59.9 Å². The minimum atomic E-state index is -0.352. The first-order valence-electron chi connectivity index (χ1n) is 8.77. The van der Waals surface area contributed by atoms with E-state index in [1.165, 1.54) is 6.21 Å². The molecule has 0 aliphatic heterocycles. The zero-order valence-corrected chi connectivity index (χ0v) is 16.9.